The lowest BCUT2D eigenvalue weighted by atomic mass is 10.2. The number of esters is 1. The number of hydrogen-bond acceptors (Lipinski definition) is 5. The minimum Gasteiger partial charge on any atom is -0.462 e. The highest BCUT2D eigenvalue weighted by atomic mass is 16.5. The Kier molecular flexibility index (Phi) is 3.63. The highest BCUT2D eigenvalue weighted by molar-refractivity contribution is 5.93. The van der Waals surface area contributed by atoms with Crippen LogP contribution in [0.3, 0.4) is 0 Å². The molecule has 0 aromatic heterocycles. The Bertz CT molecular complexity index is 866. The molecule has 1 heterocycles. The minimum atomic E-state index is -0.400. The average Bonchev–Trinajstić information content (AvgIpc) is 2.50. The number of aromatic nitrogens is 1. The molecule has 0 amide bonds. The molecular weight excluding hydrogens is 282 g/mol. The van der Waals surface area contributed by atoms with Gasteiger partial charge in [0, 0.05) is 6.07 Å². The summed E-state index contributed by atoms with van der Waals surface area (Å²) < 4.78 is 10.9. The van der Waals surface area contributed by atoms with Crippen LogP contribution in [0.25, 0.3) is 22.6 Å². The normalized spacial score (nSPS) is 11.2. The lowest BCUT2D eigenvalue weighted by Gasteiger charge is -2.09. The molecule has 1 aliphatic heterocycles. The van der Waals surface area contributed by atoms with E-state index < -0.39 is 5.97 Å². The summed E-state index contributed by atoms with van der Waals surface area (Å²) >= 11 is 0. The molecule has 1 aliphatic carbocycles. The predicted octanol–water partition coefficient (Wildman–Crippen LogP) is 3.11. The van der Waals surface area contributed by atoms with Crippen LogP contribution < -0.4 is 5.43 Å². The van der Waals surface area contributed by atoms with Gasteiger partial charge >= 0.3 is 5.97 Å². The van der Waals surface area contributed by atoms with Crippen molar-refractivity contribution < 1.29 is 13.9 Å². The molecule has 0 saturated heterocycles. The van der Waals surface area contributed by atoms with Crippen LogP contribution in [0.2, 0.25) is 0 Å². The molecule has 22 heavy (non-hydrogen) atoms. The first-order chi connectivity index (χ1) is 10.5. The molecule has 1 aromatic rings. The third-order valence-electron chi connectivity index (χ3n) is 3.14. The van der Waals surface area contributed by atoms with E-state index in [2.05, 4.69) is 4.98 Å². The fraction of sp³-hybridized carbons (Fsp3) is 0.235. The zero-order chi connectivity index (χ0) is 15.7. The molecule has 0 bridgehead atoms. The average molecular weight is 297 g/mol. The Morgan fingerprint density at radius 3 is 2.82 bits per heavy atom. The van der Waals surface area contributed by atoms with Gasteiger partial charge in [-0.05, 0) is 36.2 Å². The number of nitrogens with zero attached hydrogens (tertiary/aromatic N) is 1. The number of benzene rings is 2. The quantitative estimate of drug-likeness (QED) is 0.549. The van der Waals surface area contributed by atoms with Crippen molar-refractivity contribution in [2.24, 2.45) is 5.92 Å². The molecule has 2 aliphatic rings. The molecule has 0 atom stereocenters. The summed E-state index contributed by atoms with van der Waals surface area (Å²) in [5, 5.41) is 0. The number of rotatable bonds is 3. The standard InChI is InChI=1S/C17H15NO4/c1-10(2)9-21-17(20)11-3-5-13-15(7-11)22-16-8-12(19)4-6-14(16)18-13/h3-8,10H,9H2,1-2H3. The van der Waals surface area contributed by atoms with Gasteiger partial charge in [0.05, 0.1) is 12.2 Å². The fourth-order valence-electron chi connectivity index (χ4n) is 2.06. The first kappa shape index (κ1) is 14.3. The van der Waals surface area contributed by atoms with Crippen LogP contribution >= 0.6 is 0 Å². The second-order valence-electron chi connectivity index (χ2n) is 5.52. The maximum atomic E-state index is 12.0. The zero-order valence-electron chi connectivity index (χ0n) is 12.3. The first-order valence-corrected chi connectivity index (χ1v) is 7.05. The maximum absolute atomic E-state index is 12.0. The van der Waals surface area contributed by atoms with Crippen LogP contribution in [0.1, 0.15) is 24.2 Å². The van der Waals surface area contributed by atoms with Crippen molar-refractivity contribution >= 4 is 17.1 Å². The van der Waals surface area contributed by atoms with Gasteiger partial charge in [0.15, 0.2) is 16.8 Å². The van der Waals surface area contributed by atoms with Crippen LogP contribution in [0, 0.1) is 5.92 Å². The summed E-state index contributed by atoms with van der Waals surface area (Å²) in [4.78, 5) is 27.8. The van der Waals surface area contributed by atoms with Crippen molar-refractivity contribution in [1.82, 2.24) is 4.98 Å². The van der Waals surface area contributed by atoms with E-state index in [4.69, 9.17) is 9.15 Å². The van der Waals surface area contributed by atoms with Crippen molar-refractivity contribution in [2.45, 2.75) is 13.8 Å². The molecule has 5 heteroatoms. The number of fused-ring (bicyclic) bond motifs is 2. The number of carbonyl (C=O) groups is 1. The summed E-state index contributed by atoms with van der Waals surface area (Å²) in [5.41, 5.74) is 1.91. The molecule has 0 unspecified atom stereocenters. The smallest absolute Gasteiger partial charge is 0.338 e. The van der Waals surface area contributed by atoms with Gasteiger partial charge in [-0.3, -0.25) is 4.79 Å². The lowest BCUT2D eigenvalue weighted by Crippen LogP contribution is -2.10. The Hall–Kier alpha value is -2.69. The van der Waals surface area contributed by atoms with Crippen molar-refractivity contribution in [3.63, 3.8) is 0 Å². The van der Waals surface area contributed by atoms with Crippen LogP contribution in [0.15, 0.2) is 45.6 Å². The number of ether oxygens (including phenoxy) is 1. The molecule has 0 saturated carbocycles. The van der Waals surface area contributed by atoms with E-state index in [9.17, 15) is 9.59 Å². The van der Waals surface area contributed by atoms with E-state index in [1.165, 1.54) is 12.1 Å². The van der Waals surface area contributed by atoms with Gasteiger partial charge < -0.3 is 9.15 Å². The molecular formula is C17H15NO4. The van der Waals surface area contributed by atoms with Crippen LogP contribution in [-0.4, -0.2) is 17.6 Å². The predicted molar refractivity (Wildman–Crippen MR) is 82.0 cm³/mol. The van der Waals surface area contributed by atoms with E-state index in [1.54, 1.807) is 24.3 Å². The molecule has 1 aromatic carbocycles. The van der Waals surface area contributed by atoms with Crippen molar-refractivity contribution in [3.8, 4) is 11.5 Å². The van der Waals surface area contributed by atoms with E-state index in [1.807, 2.05) is 13.8 Å². The van der Waals surface area contributed by atoms with Gasteiger partial charge in [0.2, 0.25) is 0 Å². The monoisotopic (exact) mass is 297 g/mol. The summed E-state index contributed by atoms with van der Waals surface area (Å²) in [6, 6.07) is 9.38. The van der Waals surface area contributed by atoms with E-state index in [-0.39, 0.29) is 11.3 Å². The molecule has 5 nitrogen and oxygen atoms in total. The van der Waals surface area contributed by atoms with Crippen LogP contribution in [-0.2, 0) is 4.74 Å². The van der Waals surface area contributed by atoms with Gasteiger partial charge in [-0.2, -0.15) is 0 Å². The van der Waals surface area contributed by atoms with Gasteiger partial charge in [-0.15, -0.1) is 0 Å². The lowest BCUT2D eigenvalue weighted by molar-refractivity contribution is 0.0459. The molecule has 0 N–H and O–H groups in total. The second-order valence-corrected chi connectivity index (χ2v) is 5.52. The molecule has 0 radical (unpaired) electrons. The second kappa shape index (κ2) is 5.60. The Morgan fingerprint density at radius 2 is 2.05 bits per heavy atom. The molecule has 112 valence electrons. The van der Waals surface area contributed by atoms with Crippen LogP contribution in [0.4, 0.5) is 0 Å². The van der Waals surface area contributed by atoms with Crippen LogP contribution in [0.5, 0.6) is 0 Å². The molecule has 0 fully saturated rings. The van der Waals surface area contributed by atoms with Crippen molar-refractivity contribution in [3.05, 3.63) is 52.2 Å². The highest BCUT2D eigenvalue weighted by Crippen LogP contribution is 2.24. The SMILES string of the molecule is CC(C)COC(=O)c1ccc2nc3ccc(=O)cc-3oc2c1. The minimum absolute atomic E-state index is 0.148. The van der Waals surface area contributed by atoms with Crippen molar-refractivity contribution in [1.29, 1.82) is 0 Å². The summed E-state index contributed by atoms with van der Waals surface area (Å²) in [6.45, 7) is 4.31. The Labute approximate surface area is 126 Å². The molecule has 3 rings (SSSR count). The van der Waals surface area contributed by atoms with E-state index >= 15 is 0 Å². The van der Waals surface area contributed by atoms with Gasteiger partial charge in [0.25, 0.3) is 0 Å². The van der Waals surface area contributed by atoms with Gasteiger partial charge in [-0.1, -0.05) is 13.8 Å². The Morgan fingerprint density at radius 1 is 1.23 bits per heavy atom. The molecule has 0 spiro atoms. The fourth-order valence-corrected chi connectivity index (χ4v) is 2.06. The highest BCUT2D eigenvalue weighted by Gasteiger charge is 2.13. The summed E-state index contributed by atoms with van der Waals surface area (Å²) in [7, 11) is 0. The van der Waals surface area contributed by atoms with E-state index in [0.717, 1.165) is 0 Å². The number of hydrogen-bond donors (Lipinski definition) is 0. The third kappa shape index (κ3) is 2.83. The summed E-state index contributed by atoms with van der Waals surface area (Å²) in [5.74, 6) is 0.270. The maximum Gasteiger partial charge on any atom is 0.338 e. The largest absolute Gasteiger partial charge is 0.462 e. The first-order valence-electron chi connectivity index (χ1n) is 7.05. The summed E-state index contributed by atoms with van der Waals surface area (Å²) in [6.07, 6.45) is 0. The van der Waals surface area contributed by atoms with Gasteiger partial charge in [0.1, 0.15) is 11.2 Å². The van der Waals surface area contributed by atoms with E-state index in [0.29, 0.717) is 34.7 Å². The van der Waals surface area contributed by atoms with Gasteiger partial charge in [-0.25, -0.2) is 9.78 Å². The van der Waals surface area contributed by atoms with Crippen molar-refractivity contribution in [2.75, 3.05) is 6.61 Å². The third-order valence-corrected chi connectivity index (χ3v) is 3.14. The zero-order valence-corrected chi connectivity index (χ0v) is 12.3. The Balaban J connectivity index is 2.02. The number of carbonyl (C=O) groups excluding carboxylic acids is 1. The topological polar surface area (TPSA) is 69.4 Å².